The van der Waals surface area contributed by atoms with Crippen LogP contribution in [0.4, 0.5) is 5.69 Å². The van der Waals surface area contributed by atoms with Gasteiger partial charge in [-0.25, -0.2) is 8.42 Å². The molecule has 3 rings (SSSR count). The summed E-state index contributed by atoms with van der Waals surface area (Å²) in [4.78, 5) is 12.5. The molecular formula is C19H15Cl2N3O3S. The molecule has 1 N–H and O–H groups in total. The highest BCUT2D eigenvalue weighted by Gasteiger charge is 2.15. The topological polar surface area (TPSA) is 89.0 Å². The number of rotatable bonds is 5. The summed E-state index contributed by atoms with van der Waals surface area (Å²) in [7, 11) is -3.41. The molecule has 0 unspecified atom stereocenters. The molecular weight excluding hydrogens is 421 g/mol. The Morgan fingerprint density at radius 2 is 1.82 bits per heavy atom. The van der Waals surface area contributed by atoms with E-state index in [-0.39, 0.29) is 21.4 Å². The highest BCUT2D eigenvalue weighted by Crippen LogP contribution is 2.24. The van der Waals surface area contributed by atoms with E-state index in [1.807, 2.05) is 0 Å². The van der Waals surface area contributed by atoms with Gasteiger partial charge in [-0.3, -0.25) is 4.79 Å². The van der Waals surface area contributed by atoms with E-state index in [0.29, 0.717) is 22.0 Å². The Bertz CT molecular complexity index is 1130. The molecule has 0 aliphatic carbocycles. The summed E-state index contributed by atoms with van der Waals surface area (Å²) in [5.41, 5.74) is 1.92. The zero-order valence-electron chi connectivity index (χ0n) is 14.7. The van der Waals surface area contributed by atoms with Crippen molar-refractivity contribution >= 4 is 44.6 Å². The highest BCUT2D eigenvalue weighted by molar-refractivity contribution is 7.91. The quantitative estimate of drug-likeness (QED) is 0.637. The molecule has 0 saturated heterocycles. The number of benzene rings is 2. The number of aromatic nitrogens is 2. The second kappa shape index (κ2) is 8.26. The van der Waals surface area contributed by atoms with E-state index in [9.17, 15) is 13.2 Å². The van der Waals surface area contributed by atoms with Gasteiger partial charge in [-0.05, 0) is 42.5 Å². The van der Waals surface area contributed by atoms with E-state index in [2.05, 4.69) is 15.5 Å². The van der Waals surface area contributed by atoms with Crippen molar-refractivity contribution in [1.82, 2.24) is 10.2 Å². The highest BCUT2D eigenvalue weighted by atomic mass is 35.5. The van der Waals surface area contributed by atoms with Gasteiger partial charge in [-0.1, -0.05) is 42.3 Å². The van der Waals surface area contributed by atoms with Crippen LogP contribution in [-0.4, -0.2) is 30.3 Å². The number of amides is 1. The monoisotopic (exact) mass is 435 g/mol. The van der Waals surface area contributed by atoms with Crippen LogP contribution in [0.2, 0.25) is 10.0 Å². The van der Waals surface area contributed by atoms with E-state index in [1.54, 1.807) is 49.4 Å². The van der Waals surface area contributed by atoms with Gasteiger partial charge in [0.2, 0.25) is 0 Å². The standard InChI is InChI=1S/C19H15Cl2N3O3S/c1-2-28(26,27)18-9-8-17(23-24-18)12-4-3-5-14(10-12)22-19(25)15-11-13(20)6-7-16(15)21/h3-11H,2H2,1H3,(H,22,25). The third-order valence-electron chi connectivity index (χ3n) is 3.93. The molecule has 144 valence electrons. The molecule has 0 radical (unpaired) electrons. The van der Waals surface area contributed by atoms with Crippen LogP contribution in [0.3, 0.4) is 0 Å². The van der Waals surface area contributed by atoms with Crippen molar-refractivity contribution in [2.24, 2.45) is 0 Å². The third kappa shape index (κ3) is 4.49. The molecule has 1 aromatic heterocycles. The maximum atomic E-state index is 12.5. The lowest BCUT2D eigenvalue weighted by Crippen LogP contribution is -2.12. The minimum atomic E-state index is -3.41. The minimum absolute atomic E-state index is 0.0470. The first-order valence-electron chi connectivity index (χ1n) is 8.23. The van der Waals surface area contributed by atoms with Crippen molar-refractivity contribution in [3.63, 3.8) is 0 Å². The molecule has 0 aliphatic heterocycles. The molecule has 0 atom stereocenters. The van der Waals surface area contributed by atoms with Gasteiger partial charge in [0.25, 0.3) is 5.91 Å². The van der Waals surface area contributed by atoms with Crippen LogP contribution in [0.25, 0.3) is 11.3 Å². The molecule has 6 nitrogen and oxygen atoms in total. The van der Waals surface area contributed by atoms with Crippen LogP contribution in [0.5, 0.6) is 0 Å². The Morgan fingerprint density at radius 3 is 2.50 bits per heavy atom. The Kier molecular flexibility index (Phi) is 5.98. The van der Waals surface area contributed by atoms with Gasteiger partial charge in [-0.15, -0.1) is 10.2 Å². The van der Waals surface area contributed by atoms with Crippen molar-refractivity contribution in [3.05, 3.63) is 70.2 Å². The van der Waals surface area contributed by atoms with E-state index in [1.165, 1.54) is 12.1 Å². The molecule has 1 amide bonds. The predicted octanol–water partition coefficient (Wildman–Crippen LogP) is 4.50. The first-order valence-corrected chi connectivity index (χ1v) is 10.6. The van der Waals surface area contributed by atoms with Gasteiger partial charge in [-0.2, -0.15) is 0 Å². The Morgan fingerprint density at radius 1 is 1.04 bits per heavy atom. The number of hydrogen-bond acceptors (Lipinski definition) is 5. The van der Waals surface area contributed by atoms with Crippen LogP contribution in [-0.2, 0) is 9.84 Å². The maximum Gasteiger partial charge on any atom is 0.257 e. The molecule has 0 saturated carbocycles. The molecule has 0 fully saturated rings. The minimum Gasteiger partial charge on any atom is -0.322 e. The average Bonchev–Trinajstić information content (AvgIpc) is 2.70. The Labute approximate surface area is 172 Å². The van der Waals surface area contributed by atoms with E-state index >= 15 is 0 Å². The zero-order chi connectivity index (χ0) is 20.3. The van der Waals surface area contributed by atoms with Gasteiger partial charge in [0.05, 0.1) is 22.0 Å². The van der Waals surface area contributed by atoms with Crippen molar-refractivity contribution in [2.75, 3.05) is 11.1 Å². The van der Waals surface area contributed by atoms with Crippen LogP contribution in [0.1, 0.15) is 17.3 Å². The van der Waals surface area contributed by atoms with Crippen LogP contribution in [0.15, 0.2) is 59.6 Å². The number of sulfone groups is 1. The molecule has 2 aromatic carbocycles. The smallest absolute Gasteiger partial charge is 0.257 e. The normalized spacial score (nSPS) is 11.2. The molecule has 28 heavy (non-hydrogen) atoms. The van der Waals surface area contributed by atoms with Gasteiger partial charge in [0.15, 0.2) is 14.9 Å². The Balaban J connectivity index is 1.84. The predicted molar refractivity (Wildman–Crippen MR) is 110 cm³/mol. The molecule has 9 heteroatoms. The van der Waals surface area contributed by atoms with Crippen LogP contribution >= 0.6 is 23.2 Å². The summed E-state index contributed by atoms with van der Waals surface area (Å²) in [5, 5.41) is 11.2. The van der Waals surface area contributed by atoms with E-state index in [0.717, 1.165) is 0 Å². The van der Waals surface area contributed by atoms with E-state index < -0.39 is 15.7 Å². The summed E-state index contributed by atoms with van der Waals surface area (Å²) < 4.78 is 23.7. The summed E-state index contributed by atoms with van der Waals surface area (Å²) >= 11 is 12.0. The first-order chi connectivity index (χ1) is 13.3. The molecule has 0 spiro atoms. The number of nitrogens with zero attached hydrogens (tertiary/aromatic N) is 2. The lowest BCUT2D eigenvalue weighted by atomic mass is 10.1. The fourth-order valence-corrected chi connectivity index (χ4v) is 3.53. The van der Waals surface area contributed by atoms with Crippen molar-refractivity contribution < 1.29 is 13.2 Å². The summed E-state index contributed by atoms with van der Waals surface area (Å²) in [6, 6.07) is 14.6. The summed E-state index contributed by atoms with van der Waals surface area (Å²) in [6.07, 6.45) is 0. The van der Waals surface area contributed by atoms with Crippen LogP contribution in [0, 0.1) is 0 Å². The second-order valence-electron chi connectivity index (χ2n) is 5.82. The van der Waals surface area contributed by atoms with Crippen LogP contribution < -0.4 is 5.32 Å². The van der Waals surface area contributed by atoms with Crippen molar-refractivity contribution in [2.45, 2.75) is 11.9 Å². The first kappa shape index (κ1) is 20.3. The number of anilines is 1. The average molecular weight is 436 g/mol. The molecule has 0 aliphatic rings. The number of carbonyl (C=O) groups is 1. The SMILES string of the molecule is CCS(=O)(=O)c1ccc(-c2cccc(NC(=O)c3cc(Cl)ccc3Cl)c2)nn1. The lowest BCUT2D eigenvalue weighted by molar-refractivity contribution is 0.102. The Hall–Kier alpha value is -2.48. The van der Waals surface area contributed by atoms with Gasteiger partial charge in [0.1, 0.15) is 0 Å². The summed E-state index contributed by atoms with van der Waals surface area (Å²) in [6.45, 7) is 1.54. The number of hydrogen-bond donors (Lipinski definition) is 1. The molecule has 0 bridgehead atoms. The maximum absolute atomic E-state index is 12.5. The largest absolute Gasteiger partial charge is 0.322 e. The number of carbonyl (C=O) groups excluding carboxylic acids is 1. The fourth-order valence-electron chi connectivity index (χ4n) is 2.41. The van der Waals surface area contributed by atoms with Gasteiger partial charge < -0.3 is 5.32 Å². The third-order valence-corrected chi connectivity index (χ3v) is 6.11. The molecule has 3 aromatic rings. The summed E-state index contributed by atoms with van der Waals surface area (Å²) in [5.74, 6) is -0.450. The lowest BCUT2D eigenvalue weighted by Gasteiger charge is -2.09. The molecule has 1 heterocycles. The van der Waals surface area contributed by atoms with Gasteiger partial charge in [0, 0.05) is 16.3 Å². The zero-order valence-corrected chi connectivity index (χ0v) is 17.0. The number of halogens is 2. The second-order valence-corrected chi connectivity index (χ2v) is 8.89. The van der Waals surface area contributed by atoms with Crippen molar-refractivity contribution in [3.8, 4) is 11.3 Å². The van der Waals surface area contributed by atoms with E-state index in [4.69, 9.17) is 23.2 Å². The van der Waals surface area contributed by atoms with Crippen molar-refractivity contribution in [1.29, 1.82) is 0 Å². The van der Waals surface area contributed by atoms with Gasteiger partial charge >= 0.3 is 0 Å². The fraction of sp³-hybridized carbons (Fsp3) is 0.105. The number of nitrogens with one attached hydrogen (secondary N) is 1.